The van der Waals surface area contributed by atoms with E-state index in [0.717, 1.165) is 11.1 Å². The van der Waals surface area contributed by atoms with E-state index in [9.17, 15) is 19.2 Å². The van der Waals surface area contributed by atoms with E-state index >= 15 is 0 Å². The number of benzene rings is 2. The van der Waals surface area contributed by atoms with Gasteiger partial charge in [-0.25, -0.2) is 4.79 Å². The molecule has 7 nitrogen and oxygen atoms in total. The number of hydrogen-bond donors (Lipinski definition) is 3. The number of fused-ring (bicyclic) bond motifs is 1. The SMILES string of the molecule is Cc1cc2c(cc(C(=O)N[C@H](CO)c3ccc([S+]([O-])CC(=O)O)cc3)n2C)c(Cl)c1Cl. The molecule has 0 spiro atoms. The molecule has 3 N–H and O–H groups in total. The Kier molecular flexibility index (Phi) is 7.18. The van der Waals surface area contributed by atoms with Crippen LogP contribution in [0, 0.1) is 6.92 Å². The second-order valence-corrected chi connectivity index (χ2v) is 9.21. The highest BCUT2D eigenvalue weighted by Gasteiger charge is 2.22. The lowest BCUT2D eigenvalue weighted by Gasteiger charge is -2.18. The van der Waals surface area contributed by atoms with E-state index in [0.29, 0.717) is 31.6 Å². The van der Waals surface area contributed by atoms with E-state index in [2.05, 4.69) is 5.32 Å². The minimum atomic E-state index is -1.67. The molecule has 1 unspecified atom stereocenters. The smallest absolute Gasteiger partial charge is 0.354 e. The first kappa shape index (κ1) is 23.4. The summed E-state index contributed by atoms with van der Waals surface area (Å²) in [5.41, 5.74) is 2.47. The van der Waals surface area contributed by atoms with Gasteiger partial charge in [0.1, 0.15) is 5.69 Å². The first-order valence-corrected chi connectivity index (χ1v) is 11.3. The summed E-state index contributed by atoms with van der Waals surface area (Å²) in [4.78, 5) is 24.0. The molecule has 3 aromatic rings. The van der Waals surface area contributed by atoms with Gasteiger partial charge < -0.3 is 24.6 Å². The van der Waals surface area contributed by atoms with Crippen molar-refractivity contribution in [1.29, 1.82) is 0 Å². The van der Waals surface area contributed by atoms with Crippen molar-refractivity contribution in [1.82, 2.24) is 9.88 Å². The van der Waals surface area contributed by atoms with Crippen LogP contribution in [0.3, 0.4) is 0 Å². The molecule has 31 heavy (non-hydrogen) atoms. The summed E-state index contributed by atoms with van der Waals surface area (Å²) in [5, 5.41) is 22.8. The number of halogens is 2. The molecule has 1 heterocycles. The van der Waals surface area contributed by atoms with Gasteiger partial charge >= 0.3 is 5.97 Å². The lowest BCUT2D eigenvalue weighted by molar-refractivity contribution is -0.134. The summed E-state index contributed by atoms with van der Waals surface area (Å²) in [7, 11) is 1.74. The third kappa shape index (κ3) is 4.83. The van der Waals surface area contributed by atoms with Crippen LogP contribution in [-0.2, 0) is 23.0 Å². The van der Waals surface area contributed by atoms with Crippen molar-refractivity contribution in [2.75, 3.05) is 12.4 Å². The van der Waals surface area contributed by atoms with Gasteiger partial charge in [-0.1, -0.05) is 35.3 Å². The number of nitrogens with one attached hydrogen (secondary N) is 1. The first-order chi connectivity index (χ1) is 14.6. The maximum absolute atomic E-state index is 12.9. The Morgan fingerprint density at radius 3 is 2.42 bits per heavy atom. The Labute approximate surface area is 191 Å². The predicted octanol–water partition coefficient (Wildman–Crippen LogP) is 3.45. The summed E-state index contributed by atoms with van der Waals surface area (Å²) in [6.07, 6.45) is 0. The van der Waals surface area contributed by atoms with Gasteiger partial charge in [-0.2, -0.15) is 0 Å². The average Bonchev–Trinajstić information content (AvgIpc) is 3.06. The number of nitrogens with zero attached hydrogens (tertiary/aromatic N) is 1. The normalized spacial score (nSPS) is 13.2. The van der Waals surface area contributed by atoms with Gasteiger partial charge in [0, 0.05) is 12.4 Å². The minimum absolute atomic E-state index is 0.344. The molecular weight excluding hydrogens is 463 g/mol. The second-order valence-electron chi connectivity index (χ2n) is 7.00. The number of aliphatic carboxylic acids is 1. The van der Waals surface area contributed by atoms with E-state index in [1.807, 2.05) is 13.0 Å². The summed E-state index contributed by atoms with van der Waals surface area (Å²) in [6.45, 7) is 1.47. The topological polar surface area (TPSA) is 115 Å². The fourth-order valence-electron chi connectivity index (χ4n) is 3.26. The Morgan fingerprint density at radius 1 is 1.19 bits per heavy atom. The number of carboxylic acids is 1. The number of hydrogen-bond acceptors (Lipinski definition) is 4. The highest BCUT2D eigenvalue weighted by molar-refractivity contribution is 7.92. The van der Waals surface area contributed by atoms with Gasteiger partial charge in [0.05, 0.1) is 28.2 Å². The van der Waals surface area contributed by atoms with Gasteiger partial charge in [0.15, 0.2) is 4.90 Å². The Bertz CT molecular complexity index is 1150. The van der Waals surface area contributed by atoms with Gasteiger partial charge in [-0.3, -0.25) is 4.79 Å². The van der Waals surface area contributed by atoms with Crippen LogP contribution in [0.4, 0.5) is 0 Å². The van der Waals surface area contributed by atoms with Gasteiger partial charge in [0.2, 0.25) is 5.75 Å². The lowest BCUT2D eigenvalue weighted by atomic mass is 10.1. The molecule has 2 atom stereocenters. The average molecular weight is 483 g/mol. The van der Waals surface area contributed by atoms with Crippen LogP contribution >= 0.6 is 23.2 Å². The number of carbonyl (C=O) groups is 2. The van der Waals surface area contributed by atoms with Crippen LogP contribution in [0.2, 0.25) is 10.0 Å². The van der Waals surface area contributed by atoms with E-state index in [-0.39, 0.29) is 6.61 Å². The molecule has 3 rings (SSSR count). The minimum Gasteiger partial charge on any atom is -0.611 e. The number of aliphatic hydroxyl groups is 1. The number of carboxylic acid groups (broad SMARTS) is 1. The molecule has 0 fully saturated rings. The van der Waals surface area contributed by atoms with Crippen LogP contribution in [0.1, 0.15) is 27.7 Å². The molecular formula is C21H20Cl2N2O5S. The highest BCUT2D eigenvalue weighted by atomic mass is 35.5. The zero-order valence-corrected chi connectivity index (χ0v) is 19.0. The largest absolute Gasteiger partial charge is 0.611 e. The van der Waals surface area contributed by atoms with Crippen molar-refractivity contribution in [3.05, 3.63) is 63.3 Å². The van der Waals surface area contributed by atoms with Gasteiger partial charge in [-0.05, 0) is 53.5 Å². The Hall–Kier alpha value is -2.23. The standard InChI is InChI=1S/C21H20Cl2N2O5S/c1-11-7-16-14(20(23)19(11)22)8-17(25(16)2)21(29)24-15(9-26)12-3-5-13(6-4-12)31(30)10-18(27)28/h3-8,15,26H,9-10H2,1-2H3,(H,24,29)(H,27,28)/t15-,31?/m1/s1. The second kappa shape index (κ2) is 9.50. The molecule has 0 aliphatic carbocycles. The van der Waals surface area contributed by atoms with Crippen molar-refractivity contribution in [2.45, 2.75) is 17.9 Å². The van der Waals surface area contributed by atoms with Crippen LogP contribution in [0.25, 0.3) is 10.9 Å². The van der Waals surface area contributed by atoms with Crippen LogP contribution < -0.4 is 5.32 Å². The number of aryl methyl sites for hydroxylation is 2. The van der Waals surface area contributed by atoms with E-state index in [1.54, 1.807) is 29.8 Å². The number of amides is 1. The number of aromatic nitrogens is 1. The monoisotopic (exact) mass is 482 g/mol. The predicted molar refractivity (Wildman–Crippen MR) is 120 cm³/mol. The van der Waals surface area contributed by atoms with E-state index in [4.69, 9.17) is 28.3 Å². The quantitative estimate of drug-likeness (QED) is 0.446. The molecule has 0 saturated heterocycles. The Morgan fingerprint density at radius 2 is 1.84 bits per heavy atom. The maximum Gasteiger partial charge on any atom is 0.354 e. The van der Waals surface area contributed by atoms with Crippen LogP contribution in [0.5, 0.6) is 0 Å². The fourth-order valence-corrected chi connectivity index (χ4v) is 4.55. The van der Waals surface area contributed by atoms with Crippen LogP contribution in [0.15, 0.2) is 41.3 Å². The number of carbonyl (C=O) groups excluding carboxylic acids is 1. The maximum atomic E-state index is 12.9. The molecule has 10 heteroatoms. The zero-order valence-electron chi connectivity index (χ0n) is 16.7. The molecule has 1 amide bonds. The number of rotatable bonds is 7. The van der Waals surface area contributed by atoms with E-state index in [1.165, 1.54) is 12.1 Å². The molecule has 0 aliphatic heterocycles. The molecule has 2 aromatic carbocycles. The molecule has 0 saturated carbocycles. The summed E-state index contributed by atoms with van der Waals surface area (Å²) in [6, 6.07) is 9.00. The lowest BCUT2D eigenvalue weighted by Crippen LogP contribution is -2.32. The third-order valence-corrected chi connectivity index (χ3v) is 7.21. The molecule has 1 aromatic heterocycles. The van der Waals surface area contributed by atoms with Crippen molar-refractivity contribution in [3.63, 3.8) is 0 Å². The van der Waals surface area contributed by atoms with Crippen molar-refractivity contribution < 1.29 is 24.4 Å². The van der Waals surface area contributed by atoms with Crippen molar-refractivity contribution in [3.8, 4) is 0 Å². The molecule has 0 radical (unpaired) electrons. The Balaban J connectivity index is 1.84. The van der Waals surface area contributed by atoms with Gasteiger partial charge in [-0.15, -0.1) is 0 Å². The molecule has 0 bridgehead atoms. The summed E-state index contributed by atoms with van der Waals surface area (Å²) in [5.74, 6) is -2.07. The van der Waals surface area contributed by atoms with Crippen LogP contribution in [-0.4, -0.2) is 43.6 Å². The molecule has 164 valence electrons. The third-order valence-electron chi connectivity index (χ3n) is 4.93. The molecule has 0 aliphatic rings. The van der Waals surface area contributed by atoms with E-state index < -0.39 is 34.8 Å². The fraction of sp³-hybridized carbons (Fsp3) is 0.238. The van der Waals surface area contributed by atoms with Crippen molar-refractivity contribution >= 4 is 57.2 Å². The summed E-state index contributed by atoms with van der Waals surface area (Å²) < 4.78 is 13.7. The highest BCUT2D eigenvalue weighted by Crippen LogP contribution is 2.35. The number of aliphatic hydroxyl groups excluding tert-OH is 1. The van der Waals surface area contributed by atoms with Crippen molar-refractivity contribution in [2.24, 2.45) is 7.05 Å². The first-order valence-electron chi connectivity index (χ1n) is 9.20. The zero-order chi connectivity index (χ0) is 22.9. The van der Waals surface area contributed by atoms with Gasteiger partial charge in [0.25, 0.3) is 5.91 Å². The summed E-state index contributed by atoms with van der Waals surface area (Å²) >= 11 is 10.9.